The van der Waals surface area contributed by atoms with E-state index in [4.69, 9.17) is 15.9 Å². The molecule has 0 spiro atoms. The number of ether oxygens (including phenoxy) is 2. The van der Waals surface area contributed by atoms with Crippen molar-refractivity contribution in [3.05, 3.63) is 70.2 Å². The van der Waals surface area contributed by atoms with Crippen LogP contribution in [-0.2, 0) is 9.59 Å². The Hall–Kier alpha value is -4.05. The van der Waals surface area contributed by atoms with Crippen LogP contribution in [-0.4, -0.2) is 30.4 Å². The summed E-state index contributed by atoms with van der Waals surface area (Å²) in [5.41, 5.74) is 4.41. The Balaban J connectivity index is 1.80. The van der Waals surface area contributed by atoms with Gasteiger partial charge in [0.15, 0.2) is 17.3 Å². The molecule has 1 aliphatic heterocycles. The lowest BCUT2D eigenvalue weighted by molar-refractivity contribution is -0.117. The van der Waals surface area contributed by atoms with Gasteiger partial charge in [-0.3, -0.25) is 9.59 Å². The summed E-state index contributed by atoms with van der Waals surface area (Å²) in [6.45, 7) is 5.95. The number of Topliss-reactive ketones (excluding diaryl/α,β-unsaturated/α-hetero) is 1. The molecular weight excluding hydrogens is 442 g/mol. The van der Waals surface area contributed by atoms with E-state index in [1.807, 2.05) is 32.0 Å². The topological polar surface area (TPSA) is 89.5 Å². The minimum absolute atomic E-state index is 0.0362. The van der Waals surface area contributed by atoms with E-state index < -0.39 is 5.92 Å². The van der Waals surface area contributed by atoms with Gasteiger partial charge >= 0.3 is 0 Å². The average molecular weight is 472 g/mol. The number of hydrogen-bond donors (Lipinski definition) is 2. The van der Waals surface area contributed by atoms with Crippen molar-refractivity contribution in [2.45, 2.75) is 39.5 Å². The largest absolute Gasteiger partial charge is 0.493 e. The summed E-state index contributed by atoms with van der Waals surface area (Å²) in [6, 6.07) is 9.06. The predicted molar refractivity (Wildman–Crippen MR) is 134 cm³/mol. The highest BCUT2D eigenvalue weighted by molar-refractivity contribution is 6.09. The van der Waals surface area contributed by atoms with Gasteiger partial charge in [-0.05, 0) is 55.5 Å². The van der Waals surface area contributed by atoms with Crippen LogP contribution in [0, 0.1) is 25.2 Å². The van der Waals surface area contributed by atoms with Crippen LogP contribution in [0.3, 0.4) is 0 Å². The fraction of sp³-hybridized carbons (Fsp3) is 0.321. The Morgan fingerprint density at radius 1 is 1.23 bits per heavy atom. The third-order valence-corrected chi connectivity index (χ3v) is 6.26. The van der Waals surface area contributed by atoms with Crippen LogP contribution in [0.2, 0.25) is 0 Å². The van der Waals surface area contributed by atoms with Crippen molar-refractivity contribution in [3.63, 3.8) is 0 Å². The summed E-state index contributed by atoms with van der Waals surface area (Å²) in [5.74, 6) is 3.24. The molecule has 180 valence electrons. The van der Waals surface area contributed by atoms with Crippen LogP contribution in [0.4, 0.5) is 5.82 Å². The average Bonchev–Trinajstić information content (AvgIpc) is 2.82. The van der Waals surface area contributed by atoms with Gasteiger partial charge in [-0.15, -0.1) is 6.42 Å². The lowest BCUT2D eigenvalue weighted by atomic mass is 9.73. The van der Waals surface area contributed by atoms with Crippen molar-refractivity contribution >= 4 is 17.5 Å². The maximum Gasteiger partial charge on any atom is 0.255 e. The standard InChI is InChI=1S/C28H29N3O4/c1-6-11-35-22-9-8-19(14-23(22)34-5)26-25(28(33)31-24-10-7-16(2)15-29-24)18(4)30-20-12-17(3)13-21(32)27(20)26/h1,7-10,14-15,17,26,30H,11-13H2,2-5H3,(H,29,31,33)/t17-,26+/m1/s1. The maximum absolute atomic E-state index is 13.6. The number of benzene rings is 1. The van der Waals surface area contributed by atoms with Crippen molar-refractivity contribution in [2.75, 3.05) is 19.0 Å². The Kier molecular flexibility index (Phi) is 6.92. The van der Waals surface area contributed by atoms with Crippen LogP contribution in [0.1, 0.15) is 43.7 Å². The predicted octanol–water partition coefficient (Wildman–Crippen LogP) is 4.26. The normalized spacial score (nSPS) is 19.5. The molecule has 1 aromatic carbocycles. The Morgan fingerprint density at radius 2 is 2.03 bits per heavy atom. The lowest BCUT2D eigenvalue weighted by Gasteiger charge is -2.36. The quantitative estimate of drug-likeness (QED) is 0.612. The van der Waals surface area contributed by atoms with Gasteiger partial charge < -0.3 is 20.1 Å². The molecule has 7 nitrogen and oxygen atoms in total. The Labute approximate surface area is 205 Å². The zero-order chi connectivity index (χ0) is 25.1. The maximum atomic E-state index is 13.6. The number of terminal acetylenes is 1. The molecular formula is C28H29N3O4. The van der Waals surface area contributed by atoms with E-state index in [0.717, 1.165) is 23.2 Å². The molecule has 4 rings (SSSR count). The molecule has 0 fully saturated rings. The smallest absolute Gasteiger partial charge is 0.255 e. The molecule has 35 heavy (non-hydrogen) atoms. The molecule has 0 saturated carbocycles. The number of carbonyl (C=O) groups excluding carboxylic acids is 2. The highest BCUT2D eigenvalue weighted by atomic mass is 16.5. The van der Waals surface area contributed by atoms with Crippen molar-refractivity contribution in [2.24, 2.45) is 5.92 Å². The molecule has 1 amide bonds. The molecule has 2 heterocycles. The summed E-state index contributed by atoms with van der Waals surface area (Å²) in [5, 5.41) is 6.25. The molecule has 2 aliphatic rings. The summed E-state index contributed by atoms with van der Waals surface area (Å²) in [7, 11) is 1.54. The molecule has 1 aromatic heterocycles. The summed E-state index contributed by atoms with van der Waals surface area (Å²) in [6.07, 6.45) is 8.20. The summed E-state index contributed by atoms with van der Waals surface area (Å²) < 4.78 is 11.1. The Bertz CT molecular complexity index is 1270. The van der Waals surface area contributed by atoms with Crippen LogP contribution in [0.5, 0.6) is 11.5 Å². The lowest BCUT2D eigenvalue weighted by Crippen LogP contribution is -2.37. The number of aromatic nitrogens is 1. The number of nitrogens with zero attached hydrogens (tertiary/aromatic N) is 1. The van der Waals surface area contributed by atoms with Gasteiger partial charge in [0, 0.05) is 41.1 Å². The van der Waals surface area contributed by atoms with Crippen molar-refractivity contribution in [3.8, 4) is 23.8 Å². The zero-order valence-electron chi connectivity index (χ0n) is 20.4. The van der Waals surface area contributed by atoms with Gasteiger partial charge in [-0.1, -0.05) is 25.0 Å². The number of pyridine rings is 1. The number of nitrogens with one attached hydrogen (secondary N) is 2. The molecule has 2 atom stereocenters. The minimum atomic E-state index is -0.563. The van der Waals surface area contributed by atoms with E-state index in [0.29, 0.717) is 40.6 Å². The van der Waals surface area contributed by atoms with E-state index in [1.165, 1.54) is 0 Å². The van der Waals surface area contributed by atoms with E-state index >= 15 is 0 Å². The van der Waals surface area contributed by atoms with E-state index in [9.17, 15) is 9.59 Å². The first-order valence-corrected chi connectivity index (χ1v) is 11.5. The van der Waals surface area contributed by atoms with E-state index in [2.05, 4.69) is 28.5 Å². The monoisotopic (exact) mass is 471 g/mol. The van der Waals surface area contributed by atoms with Gasteiger partial charge in [-0.25, -0.2) is 4.98 Å². The number of allylic oxidation sites excluding steroid dienone is 3. The zero-order valence-corrected chi connectivity index (χ0v) is 20.4. The number of aryl methyl sites for hydroxylation is 1. The number of carbonyl (C=O) groups is 2. The van der Waals surface area contributed by atoms with Gasteiger partial charge in [0.05, 0.1) is 7.11 Å². The number of ketones is 1. The number of amides is 1. The number of hydrogen-bond acceptors (Lipinski definition) is 6. The molecule has 7 heteroatoms. The van der Waals surface area contributed by atoms with Crippen molar-refractivity contribution < 1.29 is 19.1 Å². The summed E-state index contributed by atoms with van der Waals surface area (Å²) >= 11 is 0. The SMILES string of the molecule is C#CCOc1ccc([C@H]2C(C(=O)Nc3ccc(C)cn3)=C(C)NC3=C2C(=O)C[C@H](C)C3)cc1OC. The fourth-order valence-electron chi connectivity index (χ4n) is 4.70. The highest BCUT2D eigenvalue weighted by Crippen LogP contribution is 2.45. The first kappa shape index (κ1) is 24.1. The van der Waals surface area contributed by atoms with Gasteiger partial charge in [-0.2, -0.15) is 0 Å². The molecule has 0 radical (unpaired) electrons. The molecule has 2 N–H and O–H groups in total. The second-order valence-corrected chi connectivity index (χ2v) is 9.00. The van der Waals surface area contributed by atoms with Gasteiger partial charge in [0.1, 0.15) is 12.4 Å². The molecule has 0 bridgehead atoms. The van der Waals surface area contributed by atoms with Crippen LogP contribution in [0.15, 0.2) is 59.1 Å². The number of methoxy groups -OCH3 is 1. The highest BCUT2D eigenvalue weighted by Gasteiger charge is 2.40. The first-order chi connectivity index (χ1) is 16.8. The first-order valence-electron chi connectivity index (χ1n) is 11.5. The third-order valence-electron chi connectivity index (χ3n) is 6.26. The van der Waals surface area contributed by atoms with Crippen LogP contribution < -0.4 is 20.1 Å². The van der Waals surface area contributed by atoms with Gasteiger partial charge in [0.2, 0.25) is 0 Å². The third kappa shape index (κ3) is 4.92. The number of dihydropyridines is 1. The Morgan fingerprint density at radius 3 is 2.71 bits per heavy atom. The van der Waals surface area contributed by atoms with E-state index in [1.54, 1.807) is 25.4 Å². The van der Waals surface area contributed by atoms with Crippen LogP contribution in [0.25, 0.3) is 0 Å². The number of anilines is 1. The number of rotatable bonds is 6. The molecule has 1 aliphatic carbocycles. The molecule has 0 unspecified atom stereocenters. The van der Waals surface area contributed by atoms with Crippen molar-refractivity contribution in [1.29, 1.82) is 0 Å². The minimum Gasteiger partial charge on any atom is -0.493 e. The molecule has 0 saturated heterocycles. The van der Waals surface area contributed by atoms with Crippen LogP contribution >= 0.6 is 0 Å². The fourth-order valence-corrected chi connectivity index (χ4v) is 4.70. The van der Waals surface area contributed by atoms with Crippen molar-refractivity contribution in [1.82, 2.24) is 10.3 Å². The molecule has 2 aromatic rings. The summed E-state index contributed by atoms with van der Waals surface area (Å²) in [4.78, 5) is 31.2. The second-order valence-electron chi connectivity index (χ2n) is 9.00. The van der Waals surface area contributed by atoms with Gasteiger partial charge in [0.25, 0.3) is 5.91 Å². The second kappa shape index (κ2) is 10.1. The van der Waals surface area contributed by atoms with E-state index in [-0.39, 0.29) is 24.2 Å².